The van der Waals surface area contributed by atoms with Crippen molar-refractivity contribution < 1.29 is 9.84 Å². The summed E-state index contributed by atoms with van der Waals surface area (Å²) in [5.74, 6) is 1.61. The van der Waals surface area contributed by atoms with Crippen molar-refractivity contribution in [1.82, 2.24) is 0 Å². The zero-order valence-corrected chi connectivity index (χ0v) is 13.1. The van der Waals surface area contributed by atoms with Gasteiger partial charge in [-0.05, 0) is 65.7 Å². The molecule has 2 aliphatic rings. The third kappa shape index (κ3) is 1.84. The molecule has 0 amide bonds. The number of aromatic hydroxyl groups is 1. The third-order valence-electron chi connectivity index (χ3n) is 5.95. The standard InChI is InChI=1S/C18H26O2/c1-17(2)8-5-9-18(3)13-11-14(19)15(20-4)10-12(13)6-7-16(17)18/h10-11,16,19H,5-9H2,1-4H3/t16-,18+/m0/s1. The van der Waals surface area contributed by atoms with E-state index in [9.17, 15) is 5.11 Å². The SMILES string of the molecule is COc1cc2c(cc1O)[C@@]1(C)CCCC(C)(C)[C@@H]1CC2. The van der Waals surface area contributed by atoms with E-state index in [1.165, 1.54) is 36.8 Å². The molecule has 0 bridgehead atoms. The molecule has 2 heteroatoms. The van der Waals surface area contributed by atoms with Crippen LogP contribution in [0.25, 0.3) is 0 Å². The van der Waals surface area contributed by atoms with Crippen LogP contribution in [0, 0.1) is 11.3 Å². The molecule has 1 fully saturated rings. The van der Waals surface area contributed by atoms with Gasteiger partial charge in [0, 0.05) is 0 Å². The van der Waals surface area contributed by atoms with Crippen LogP contribution in [-0.4, -0.2) is 12.2 Å². The Labute approximate surface area is 122 Å². The van der Waals surface area contributed by atoms with Crippen molar-refractivity contribution in [3.8, 4) is 11.5 Å². The Morgan fingerprint density at radius 3 is 2.65 bits per heavy atom. The lowest BCUT2D eigenvalue weighted by atomic mass is 9.50. The molecular weight excluding hydrogens is 248 g/mol. The van der Waals surface area contributed by atoms with Crippen molar-refractivity contribution in [2.45, 2.75) is 58.3 Å². The van der Waals surface area contributed by atoms with Crippen LogP contribution in [0.3, 0.4) is 0 Å². The lowest BCUT2D eigenvalue weighted by Gasteiger charge is -2.54. The fourth-order valence-corrected chi connectivity index (χ4v) is 4.97. The van der Waals surface area contributed by atoms with Gasteiger partial charge in [0.05, 0.1) is 7.11 Å². The summed E-state index contributed by atoms with van der Waals surface area (Å²) in [6.07, 6.45) is 6.21. The predicted octanol–water partition coefficient (Wildman–Crippen LogP) is 4.43. The number of benzene rings is 1. The molecule has 1 saturated carbocycles. The lowest BCUT2D eigenvalue weighted by molar-refractivity contribution is 0.0405. The number of ether oxygens (including phenoxy) is 1. The molecule has 20 heavy (non-hydrogen) atoms. The van der Waals surface area contributed by atoms with E-state index in [1.807, 2.05) is 12.1 Å². The average molecular weight is 274 g/mol. The highest BCUT2D eigenvalue weighted by Gasteiger charge is 2.49. The molecule has 0 saturated heterocycles. The second kappa shape index (κ2) is 4.41. The van der Waals surface area contributed by atoms with Crippen LogP contribution in [0.2, 0.25) is 0 Å². The number of fused-ring (bicyclic) bond motifs is 3. The molecule has 2 aliphatic carbocycles. The number of hydrogen-bond donors (Lipinski definition) is 1. The monoisotopic (exact) mass is 274 g/mol. The van der Waals surface area contributed by atoms with Crippen LogP contribution in [0.15, 0.2) is 12.1 Å². The number of hydrogen-bond acceptors (Lipinski definition) is 2. The molecule has 0 heterocycles. The van der Waals surface area contributed by atoms with Crippen molar-refractivity contribution in [2.24, 2.45) is 11.3 Å². The van der Waals surface area contributed by atoms with E-state index in [1.54, 1.807) is 7.11 Å². The molecule has 110 valence electrons. The molecule has 0 radical (unpaired) electrons. The van der Waals surface area contributed by atoms with Crippen molar-refractivity contribution in [1.29, 1.82) is 0 Å². The van der Waals surface area contributed by atoms with Crippen LogP contribution in [0.4, 0.5) is 0 Å². The molecule has 0 spiro atoms. The van der Waals surface area contributed by atoms with E-state index >= 15 is 0 Å². The normalized spacial score (nSPS) is 31.3. The van der Waals surface area contributed by atoms with Crippen molar-refractivity contribution in [3.63, 3.8) is 0 Å². The van der Waals surface area contributed by atoms with E-state index in [0.717, 1.165) is 6.42 Å². The second-order valence-electron chi connectivity index (χ2n) is 7.53. The van der Waals surface area contributed by atoms with Crippen molar-refractivity contribution in [2.75, 3.05) is 7.11 Å². The summed E-state index contributed by atoms with van der Waals surface area (Å²) in [5, 5.41) is 10.2. The highest BCUT2D eigenvalue weighted by Crippen LogP contribution is 2.57. The Balaban J connectivity index is 2.12. The largest absolute Gasteiger partial charge is 0.504 e. The topological polar surface area (TPSA) is 29.5 Å². The number of phenols is 1. The minimum atomic E-state index is 0.207. The van der Waals surface area contributed by atoms with Gasteiger partial charge in [-0.25, -0.2) is 0 Å². The number of aryl methyl sites for hydroxylation is 1. The third-order valence-corrected chi connectivity index (χ3v) is 5.95. The van der Waals surface area contributed by atoms with Gasteiger partial charge in [0.15, 0.2) is 11.5 Å². The summed E-state index contributed by atoms with van der Waals surface area (Å²) in [6, 6.07) is 4.02. The average Bonchev–Trinajstić information content (AvgIpc) is 2.38. The Kier molecular flexibility index (Phi) is 3.04. The maximum absolute atomic E-state index is 10.2. The lowest BCUT2D eigenvalue weighted by Crippen LogP contribution is -2.47. The van der Waals surface area contributed by atoms with Crippen LogP contribution < -0.4 is 4.74 Å². The summed E-state index contributed by atoms with van der Waals surface area (Å²) < 4.78 is 5.27. The molecule has 2 atom stereocenters. The highest BCUT2D eigenvalue weighted by atomic mass is 16.5. The first-order valence-electron chi connectivity index (χ1n) is 7.79. The molecule has 0 aromatic heterocycles. The first-order valence-corrected chi connectivity index (χ1v) is 7.79. The van der Waals surface area contributed by atoms with E-state index in [-0.39, 0.29) is 11.2 Å². The first kappa shape index (κ1) is 13.8. The zero-order chi connectivity index (χ0) is 14.5. The second-order valence-corrected chi connectivity index (χ2v) is 7.53. The molecule has 2 nitrogen and oxygen atoms in total. The Hall–Kier alpha value is -1.18. The van der Waals surface area contributed by atoms with Gasteiger partial charge in [0.2, 0.25) is 0 Å². The molecule has 1 N–H and O–H groups in total. The van der Waals surface area contributed by atoms with Crippen LogP contribution >= 0.6 is 0 Å². The van der Waals surface area contributed by atoms with Gasteiger partial charge < -0.3 is 9.84 Å². The van der Waals surface area contributed by atoms with Gasteiger partial charge in [-0.2, -0.15) is 0 Å². The molecule has 0 aliphatic heterocycles. The van der Waals surface area contributed by atoms with Gasteiger partial charge in [0.25, 0.3) is 0 Å². The smallest absolute Gasteiger partial charge is 0.160 e. The van der Waals surface area contributed by atoms with Crippen molar-refractivity contribution in [3.05, 3.63) is 23.3 Å². The van der Waals surface area contributed by atoms with Gasteiger partial charge in [-0.1, -0.05) is 27.2 Å². The van der Waals surface area contributed by atoms with E-state index < -0.39 is 0 Å². The van der Waals surface area contributed by atoms with Crippen molar-refractivity contribution >= 4 is 0 Å². The van der Waals surface area contributed by atoms with Crippen LogP contribution in [0.1, 0.15) is 57.6 Å². The maximum Gasteiger partial charge on any atom is 0.160 e. The summed E-state index contributed by atoms with van der Waals surface area (Å²) in [7, 11) is 1.62. The van der Waals surface area contributed by atoms with E-state index in [0.29, 0.717) is 17.1 Å². The summed E-state index contributed by atoms with van der Waals surface area (Å²) >= 11 is 0. The summed E-state index contributed by atoms with van der Waals surface area (Å²) in [4.78, 5) is 0. The minimum absolute atomic E-state index is 0.207. The first-order chi connectivity index (χ1) is 9.38. The Morgan fingerprint density at radius 2 is 1.95 bits per heavy atom. The fourth-order valence-electron chi connectivity index (χ4n) is 4.97. The molecule has 1 aromatic rings. The minimum Gasteiger partial charge on any atom is -0.504 e. The van der Waals surface area contributed by atoms with Gasteiger partial charge >= 0.3 is 0 Å². The number of phenolic OH excluding ortho intramolecular Hbond substituents is 1. The molecular formula is C18H26O2. The number of methoxy groups -OCH3 is 1. The molecule has 1 aromatic carbocycles. The van der Waals surface area contributed by atoms with Gasteiger partial charge in [0.1, 0.15) is 0 Å². The Morgan fingerprint density at radius 1 is 1.20 bits per heavy atom. The maximum atomic E-state index is 10.2. The van der Waals surface area contributed by atoms with Crippen LogP contribution in [0.5, 0.6) is 11.5 Å². The van der Waals surface area contributed by atoms with Gasteiger partial charge in [-0.15, -0.1) is 0 Å². The number of rotatable bonds is 1. The zero-order valence-electron chi connectivity index (χ0n) is 13.1. The Bertz CT molecular complexity index is 532. The summed E-state index contributed by atoms with van der Waals surface area (Å²) in [5.41, 5.74) is 3.34. The molecule has 3 rings (SSSR count). The quantitative estimate of drug-likeness (QED) is 0.821. The fraction of sp³-hybridized carbons (Fsp3) is 0.667. The van der Waals surface area contributed by atoms with E-state index in [2.05, 4.69) is 20.8 Å². The molecule has 0 unspecified atom stereocenters. The highest BCUT2D eigenvalue weighted by molar-refractivity contribution is 5.51. The summed E-state index contributed by atoms with van der Waals surface area (Å²) in [6.45, 7) is 7.25. The predicted molar refractivity (Wildman–Crippen MR) is 81.5 cm³/mol. The van der Waals surface area contributed by atoms with Gasteiger partial charge in [-0.3, -0.25) is 0 Å². The van der Waals surface area contributed by atoms with E-state index in [4.69, 9.17) is 4.74 Å². The van der Waals surface area contributed by atoms with Crippen LogP contribution in [-0.2, 0) is 11.8 Å².